The Hall–Kier alpha value is -2.60. The van der Waals surface area contributed by atoms with Gasteiger partial charge in [-0.1, -0.05) is 62.9 Å². The Kier molecular flexibility index (Phi) is 7.01. The number of carbonyl (C=O) groups excluding carboxylic acids is 2. The molecule has 5 nitrogen and oxygen atoms in total. The van der Waals surface area contributed by atoms with Gasteiger partial charge in [0.05, 0.1) is 16.8 Å². The van der Waals surface area contributed by atoms with Crippen LogP contribution in [0, 0.1) is 0 Å². The fraction of sp³-hybridized carbons (Fsp3) is 0.517. The fourth-order valence-electron chi connectivity index (χ4n) is 5.76. The highest BCUT2D eigenvalue weighted by atomic mass is 32.1. The zero-order chi connectivity index (χ0) is 24.4. The molecule has 3 heterocycles. The number of amides is 2. The molecular formula is C29H37N3O2S. The molecule has 0 radical (unpaired) electrons. The SMILES string of the molecule is CCc1cc2c(cc3n2C[C@@](C)(C(=O)NC2CCCCCC2)N(CCCc2ccccc2)C3=O)s1. The van der Waals surface area contributed by atoms with E-state index in [-0.39, 0.29) is 17.9 Å². The zero-order valence-corrected chi connectivity index (χ0v) is 21.8. The van der Waals surface area contributed by atoms with E-state index in [1.165, 1.54) is 36.1 Å². The molecule has 0 spiro atoms. The van der Waals surface area contributed by atoms with Gasteiger partial charge in [0.2, 0.25) is 5.91 Å². The Labute approximate surface area is 212 Å². The van der Waals surface area contributed by atoms with E-state index < -0.39 is 5.54 Å². The maximum absolute atomic E-state index is 13.9. The van der Waals surface area contributed by atoms with Crippen LogP contribution in [0.4, 0.5) is 0 Å². The zero-order valence-electron chi connectivity index (χ0n) is 21.0. The number of aryl methyl sites for hydroxylation is 2. The van der Waals surface area contributed by atoms with Crippen molar-refractivity contribution < 1.29 is 9.59 Å². The largest absolute Gasteiger partial charge is 0.351 e. The normalized spacial score (nSPS) is 21.2. The summed E-state index contributed by atoms with van der Waals surface area (Å²) in [5.74, 6) is -0.0276. The van der Waals surface area contributed by atoms with E-state index in [1.807, 2.05) is 24.0 Å². The molecule has 1 aliphatic heterocycles. The van der Waals surface area contributed by atoms with Gasteiger partial charge in [-0.15, -0.1) is 11.3 Å². The Morgan fingerprint density at radius 2 is 1.86 bits per heavy atom. The molecule has 1 fully saturated rings. The van der Waals surface area contributed by atoms with Gasteiger partial charge in [-0.25, -0.2) is 0 Å². The van der Waals surface area contributed by atoms with Gasteiger partial charge >= 0.3 is 0 Å². The molecule has 5 rings (SSSR count). The minimum absolute atomic E-state index is 0.00379. The average molecular weight is 492 g/mol. The van der Waals surface area contributed by atoms with Gasteiger partial charge in [-0.3, -0.25) is 9.59 Å². The minimum atomic E-state index is -0.909. The lowest BCUT2D eigenvalue weighted by Crippen LogP contribution is -2.65. The van der Waals surface area contributed by atoms with Crippen molar-refractivity contribution in [3.8, 4) is 0 Å². The van der Waals surface area contributed by atoms with E-state index in [9.17, 15) is 9.59 Å². The quantitative estimate of drug-likeness (QED) is 0.415. The molecule has 2 amide bonds. The highest BCUT2D eigenvalue weighted by Crippen LogP contribution is 2.36. The summed E-state index contributed by atoms with van der Waals surface area (Å²) in [5.41, 5.74) is 2.16. The number of nitrogens with zero attached hydrogens (tertiary/aromatic N) is 2. The number of aromatic nitrogens is 1. The molecule has 1 N–H and O–H groups in total. The molecule has 6 heteroatoms. The molecule has 1 atom stereocenters. The van der Waals surface area contributed by atoms with E-state index in [4.69, 9.17) is 0 Å². The topological polar surface area (TPSA) is 54.3 Å². The lowest BCUT2D eigenvalue weighted by Gasteiger charge is -2.44. The van der Waals surface area contributed by atoms with Crippen LogP contribution >= 0.6 is 11.3 Å². The van der Waals surface area contributed by atoms with Gasteiger partial charge in [0.15, 0.2) is 0 Å². The van der Waals surface area contributed by atoms with Crippen LogP contribution in [0.25, 0.3) is 10.2 Å². The van der Waals surface area contributed by atoms with Gasteiger partial charge in [0.1, 0.15) is 11.2 Å². The number of nitrogens with one attached hydrogen (secondary N) is 1. The highest BCUT2D eigenvalue weighted by Gasteiger charge is 2.48. The van der Waals surface area contributed by atoms with Crippen LogP contribution in [0.1, 0.15) is 79.7 Å². The van der Waals surface area contributed by atoms with Crippen molar-refractivity contribution in [2.75, 3.05) is 6.54 Å². The highest BCUT2D eigenvalue weighted by molar-refractivity contribution is 7.19. The maximum Gasteiger partial charge on any atom is 0.271 e. The molecule has 0 unspecified atom stereocenters. The minimum Gasteiger partial charge on any atom is -0.351 e. The second-order valence-corrected chi connectivity index (χ2v) is 11.6. The van der Waals surface area contributed by atoms with Crippen LogP contribution < -0.4 is 5.32 Å². The van der Waals surface area contributed by atoms with Crippen molar-refractivity contribution in [1.29, 1.82) is 0 Å². The third kappa shape index (κ3) is 4.77. The van der Waals surface area contributed by atoms with Crippen LogP contribution in [0.5, 0.6) is 0 Å². The van der Waals surface area contributed by atoms with Crippen molar-refractivity contribution in [2.45, 2.75) is 89.8 Å². The molecule has 0 bridgehead atoms. The lowest BCUT2D eigenvalue weighted by molar-refractivity contribution is -0.133. The monoisotopic (exact) mass is 491 g/mol. The predicted octanol–water partition coefficient (Wildman–Crippen LogP) is 5.95. The number of carbonyl (C=O) groups is 2. The molecule has 186 valence electrons. The van der Waals surface area contributed by atoms with Crippen molar-refractivity contribution in [3.05, 3.63) is 58.6 Å². The second kappa shape index (κ2) is 10.2. The molecular weight excluding hydrogens is 454 g/mol. The first-order chi connectivity index (χ1) is 17.0. The summed E-state index contributed by atoms with van der Waals surface area (Å²) in [7, 11) is 0. The van der Waals surface area contributed by atoms with Crippen molar-refractivity contribution in [2.24, 2.45) is 0 Å². The van der Waals surface area contributed by atoms with Crippen LogP contribution in [0.15, 0.2) is 42.5 Å². The maximum atomic E-state index is 13.9. The van der Waals surface area contributed by atoms with Gasteiger partial charge in [0.25, 0.3) is 5.91 Å². The average Bonchev–Trinajstić information content (AvgIpc) is 3.30. The molecule has 1 saturated carbocycles. The summed E-state index contributed by atoms with van der Waals surface area (Å²) < 4.78 is 3.25. The molecule has 1 aliphatic carbocycles. The van der Waals surface area contributed by atoms with E-state index in [0.29, 0.717) is 18.8 Å². The molecule has 2 aromatic heterocycles. The van der Waals surface area contributed by atoms with Crippen molar-refractivity contribution in [1.82, 2.24) is 14.8 Å². The first-order valence-corrected chi connectivity index (χ1v) is 14.1. The van der Waals surface area contributed by atoms with E-state index in [0.717, 1.165) is 42.3 Å². The Morgan fingerprint density at radius 1 is 1.11 bits per heavy atom. The van der Waals surface area contributed by atoms with Crippen molar-refractivity contribution >= 4 is 33.4 Å². The summed E-state index contributed by atoms with van der Waals surface area (Å²) in [5, 5.41) is 3.37. The van der Waals surface area contributed by atoms with E-state index in [1.54, 1.807) is 11.3 Å². The molecule has 0 saturated heterocycles. The van der Waals surface area contributed by atoms with Gasteiger partial charge in [0, 0.05) is 17.5 Å². The molecule has 35 heavy (non-hydrogen) atoms. The van der Waals surface area contributed by atoms with Crippen molar-refractivity contribution in [3.63, 3.8) is 0 Å². The first kappa shape index (κ1) is 24.1. The Morgan fingerprint density at radius 3 is 2.57 bits per heavy atom. The number of benzene rings is 1. The first-order valence-electron chi connectivity index (χ1n) is 13.3. The number of hydrogen-bond donors (Lipinski definition) is 1. The van der Waals surface area contributed by atoms with Gasteiger partial charge in [-0.05, 0) is 56.7 Å². The Bertz CT molecular complexity index is 1190. The number of fused-ring (bicyclic) bond motifs is 3. The van der Waals surface area contributed by atoms with Gasteiger partial charge < -0.3 is 14.8 Å². The smallest absolute Gasteiger partial charge is 0.271 e. The number of hydrogen-bond acceptors (Lipinski definition) is 3. The molecule has 3 aromatic rings. The Balaban J connectivity index is 1.43. The summed E-state index contributed by atoms with van der Waals surface area (Å²) in [4.78, 5) is 31.0. The van der Waals surface area contributed by atoms with Crippen LogP contribution in [0.3, 0.4) is 0 Å². The summed E-state index contributed by atoms with van der Waals surface area (Å²) in [6.07, 6.45) is 9.59. The second-order valence-electron chi connectivity index (χ2n) is 10.4. The third-order valence-corrected chi connectivity index (χ3v) is 9.10. The van der Waals surface area contributed by atoms with Gasteiger partial charge in [-0.2, -0.15) is 0 Å². The third-order valence-electron chi connectivity index (χ3n) is 7.88. The fourth-order valence-corrected chi connectivity index (χ4v) is 6.81. The summed E-state index contributed by atoms with van der Waals surface area (Å²) in [6.45, 7) is 5.20. The number of thiophene rings is 1. The standard InChI is InChI=1S/C29H37N3O2S/c1-3-23-18-24-26(35-23)19-25-27(33)32(17-11-14-21-12-7-6-8-13-21)29(2,20-31(24)25)28(34)30-22-15-9-4-5-10-16-22/h6-8,12-13,18-19,22H,3-5,9-11,14-17,20H2,1-2H3,(H,30,34)/t29-/m0/s1. The lowest BCUT2D eigenvalue weighted by atomic mass is 9.93. The summed E-state index contributed by atoms with van der Waals surface area (Å²) >= 11 is 1.76. The summed E-state index contributed by atoms with van der Waals surface area (Å²) in [6, 6.07) is 14.8. The van der Waals surface area contributed by atoms with E-state index >= 15 is 0 Å². The van der Waals surface area contributed by atoms with E-state index in [2.05, 4.69) is 47.1 Å². The van der Waals surface area contributed by atoms with Crippen LogP contribution in [-0.4, -0.2) is 39.4 Å². The molecule has 1 aromatic carbocycles. The van der Waals surface area contributed by atoms with Crippen LogP contribution in [-0.2, 0) is 24.2 Å². The molecule has 2 aliphatic rings. The van der Waals surface area contributed by atoms with Crippen LogP contribution in [0.2, 0.25) is 0 Å². The predicted molar refractivity (Wildman–Crippen MR) is 143 cm³/mol. The number of rotatable bonds is 7.